The molecule has 0 saturated carbocycles. The molecule has 1 aliphatic heterocycles. The highest BCUT2D eigenvalue weighted by Crippen LogP contribution is 2.06. The maximum atomic E-state index is 11.7. The van der Waals surface area contributed by atoms with Crippen LogP contribution in [-0.4, -0.2) is 52.0 Å². The average molecular weight is 281 g/mol. The molecular formula is C12H25ClN2O3. The highest BCUT2D eigenvalue weighted by atomic mass is 35.5. The third-order valence-corrected chi connectivity index (χ3v) is 2.82. The zero-order chi connectivity index (χ0) is 12.3. The zero-order valence-electron chi connectivity index (χ0n) is 11.1. The van der Waals surface area contributed by atoms with Crippen LogP contribution in [0.5, 0.6) is 0 Å². The lowest BCUT2D eigenvalue weighted by atomic mass is 10.0. The lowest BCUT2D eigenvalue weighted by Gasteiger charge is -2.22. The molecule has 0 spiro atoms. The van der Waals surface area contributed by atoms with Crippen LogP contribution < -0.4 is 10.6 Å². The standard InChI is InChI=1S/C12H24N2O3.ClH/c1-16-9-10-17-8-4-7-14-12(15)11-5-2-3-6-13-11;/h11,13H,2-10H2,1H3,(H,14,15);1H. The minimum absolute atomic E-state index is 0. The van der Waals surface area contributed by atoms with Gasteiger partial charge in [-0.05, 0) is 25.8 Å². The second-order valence-corrected chi connectivity index (χ2v) is 4.25. The molecule has 108 valence electrons. The molecule has 1 atom stereocenters. The Labute approximate surface area is 115 Å². The van der Waals surface area contributed by atoms with Gasteiger partial charge in [0, 0.05) is 20.3 Å². The Bertz CT molecular complexity index is 211. The van der Waals surface area contributed by atoms with Gasteiger partial charge >= 0.3 is 0 Å². The van der Waals surface area contributed by atoms with Gasteiger partial charge < -0.3 is 20.1 Å². The number of hydrogen-bond donors (Lipinski definition) is 2. The molecule has 6 heteroatoms. The fourth-order valence-corrected chi connectivity index (χ4v) is 1.83. The number of amides is 1. The van der Waals surface area contributed by atoms with E-state index in [4.69, 9.17) is 9.47 Å². The molecule has 0 radical (unpaired) electrons. The molecule has 0 aromatic rings. The predicted molar refractivity (Wildman–Crippen MR) is 73.2 cm³/mol. The Morgan fingerprint density at radius 2 is 2.17 bits per heavy atom. The second kappa shape index (κ2) is 11.7. The SMILES string of the molecule is COCCOCCCNC(=O)C1CCCCN1.Cl. The Kier molecular flexibility index (Phi) is 11.5. The molecule has 1 amide bonds. The number of hydrogen-bond acceptors (Lipinski definition) is 4. The van der Waals surface area contributed by atoms with E-state index in [1.165, 1.54) is 6.42 Å². The van der Waals surface area contributed by atoms with E-state index in [2.05, 4.69) is 10.6 Å². The summed E-state index contributed by atoms with van der Waals surface area (Å²) >= 11 is 0. The summed E-state index contributed by atoms with van der Waals surface area (Å²) in [5, 5.41) is 6.16. The Morgan fingerprint density at radius 3 is 2.83 bits per heavy atom. The van der Waals surface area contributed by atoms with Gasteiger partial charge in [-0.15, -0.1) is 12.4 Å². The van der Waals surface area contributed by atoms with E-state index in [-0.39, 0.29) is 24.4 Å². The number of halogens is 1. The van der Waals surface area contributed by atoms with E-state index in [0.29, 0.717) is 26.4 Å². The summed E-state index contributed by atoms with van der Waals surface area (Å²) in [7, 11) is 1.65. The van der Waals surface area contributed by atoms with Crippen LogP contribution >= 0.6 is 12.4 Å². The molecule has 18 heavy (non-hydrogen) atoms. The van der Waals surface area contributed by atoms with Crippen molar-refractivity contribution >= 4 is 18.3 Å². The molecule has 2 N–H and O–H groups in total. The summed E-state index contributed by atoms with van der Waals surface area (Å²) in [6.07, 6.45) is 4.13. The van der Waals surface area contributed by atoms with Crippen molar-refractivity contribution in [1.82, 2.24) is 10.6 Å². The summed E-state index contributed by atoms with van der Waals surface area (Å²) in [4.78, 5) is 11.7. The van der Waals surface area contributed by atoms with Crippen molar-refractivity contribution in [3.63, 3.8) is 0 Å². The fraction of sp³-hybridized carbons (Fsp3) is 0.917. The first-order chi connectivity index (χ1) is 8.34. The van der Waals surface area contributed by atoms with Gasteiger partial charge in [-0.3, -0.25) is 4.79 Å². The van der Waals surface area contributed by atoms with Crippen molar-refractivity contribution in [2.24, 2.45) is 0 Å². The van der Waals surface area contributed by atoms with Crippen molar-refractivity contribution in [2.75, 3.05) is 40.0 Å². The number of carbonyl (C=O) groups is 1. The zero-order valence-corrected chi connectivity index (χ0v) is 11.9. The van der Waals surface area contributed by atoms with E-state index in [1.54, 1.807) is 7.11 Å². The Morgan fingerprint density at radius 1 is 1.33 bits per heavy atom. The monoisotopic (exact) mass is 280 g/mol. The number of carbonyl (C=O) groups excluding carboxylic acids is 1. The molecule has 5 nitrogen and oxygen atoms in total. The van der Waals surface area contributed by atoms with E-state index < -0.39 is 0 Å². The van der Waals surface area contributed by atoms with E-state index >= 15 is 0 Å². The minimum atomic E-state index is 0. The van der Waals surface area contributed by atoms with Crippen LogP contribution in [0.15, 0.2) is 0 Å². The van der Waals surface area contributed by atoms with Gasteiger partial charge in [-0.1, -0.05) is 6.42 Å². The molecule has 1 saturated heterocycles. The molecule has 1 rings (SSSR count). The number of ether oxygens (including phenoxy) is 2. The molecule has 1 unspecified atom stereocenters. The Balaban J connectivity index is 0.00000289. The van der Waals surface area contributed by atoms with Gasteiger partial charge in [0.15, 0.2) is 0 Å². The fourth-order valence-electron chi connectivity index (χ4n) is 1.83. The average Bonchev–Trinajstić information content (AvgIpc) is 2.38. The van der Waals surface area contributed by atoms with Crippen molar-refractivity contribution < 1.29 is 14.3 Å². The topological polar surface area (TPSA) is 59.6 Å². The van der Waals surface area contributed by atoms with Crippen molar-refractivity contribution in [3.05, 3.63) is 0 Å². The van der Waals surface area contributed by atoms with Crippen LogP contribution in [-0.2, 0) is 14.3 Å². The van der Waals surface area contributed by atoms with Gasteiger partial charge in [0.25, 0.3) is 0 Å². The van der Waals surface area contributed by atoms with Crippen LogP contribution in [0.4, 0.5) is 0 Å². The molecule has 1 fully saturated rings. The number of rotatable bonds is 8. The van der Waals surface area contributed by atoms with Gasteiger partial charge in [0.2, 0.25) is 5.91 Å². The van der Waals surface area contributed by atoms with Crippen LogP contribution in [0.1, 0.15) is 25.7 Å². The lowest BCUT2D eigenvalue weighted by Crippen LogP contribution is -2.46. The molecule has 1 aliphatic rings. The summed E-state index contributed by atoms with van der Waals surface area (Å²) in [5.41, 5.74) is 0. The van der Waals surface area contributed by atoms with Crippen LogP contribution in [0.2, 0.25) is 0 Å². The molecule has 0 bridgehead atoms. The third kappa shape index (κ3) is 7.87. The van der Waals surface area contributed by atoms with E-state index in [9.17, 15) is 4.79 Å². The van der Waals surface area contributed by atoms with E-state index in [0.717, 1.165) is 25.8 Å². The molecular weight excluding hydrogens is 256 g/mol. The lowest BCUT2D eigenvalue weighted by molar-refractivity contribution is -0.123. The quantitative estimate of drug-likeness (QED) is 0.643. The van der Waals surface area contributed by atoms with Crippen molar-refractivity contribution in [2.45, 2.75) is 31.7 Å². The minimum Gasteiger partial charge on any atom is -0.382 e. The third-order valence-electron chi connectivity index (χ3n) is 2.82. The summed E-state index contributed by atoms with van der Waals surface area (Å²) in [6.45, 7) is 3.55. The van der Waals surface area contributed by atoms with E-state index in [1.807, 2.05) is 0 Å². The van der Waals surface area contributed by atoms with Crippen LogP contribution in [0, 0.1) is 0 Å². The first kappa shape index (κ1) is 17.6. The van der Waals surface area contributed by atoms with Crippen LogP contribution in [0.3, 0.4) is 0 Å². The summed E-state index contributed by atoms with van der Waals surface area (Å²) in [6, 6.07) is 0.0122. The second-order valence-electron chi connectivity index (χ2n) is 4.25. The van der Waals surface area contributed by atoms with Gasteiger partial charge in [-0.25, -0.2) is 0 Å². The van der Waals surface area contributed by atoms with Crippen molar-refractivity contribution in [1.29, 1.82) is 0 Å². The first-order valence-corrected chi connectivity index (χ1v) is 6.42. The normalized spacial score (nSPS) is 19.1. The molecule has 0 aromatic heterocycles. The Hall–Kier alpha value is -0.360. The van der Waals surface area contributed by atoms with Gasteiger partial charge in [-0.2, -0.15) is 0 Å². The molecule has 0 aromatic carbocycles. The summed E-state index contributed by atoms with van der Waals surface area (Å²) < 4.78 is 10.2. The van der Waals surface area contributed by atoms with Gasteiger partial charge in [0.05, 0.1) is 19.3 Å². The highest BCUT2D eigenvalue weighted by molar-refractivity contribution is 5.85. The van der Waals surface area contributed by atoms with Gasteiger partial charge in [0.1, 0.15) is 0 Å². The molecule has 0 aliphatic carbocycles. The maximum absolute atomic E-state index is 11.7. The predicted octanol–water partition coefficient (Wildman–Crippen LogP) is 0.720. The first-order valence-electron chi connectivity index (χ1n) is 6.42. The summed E-state index contributed by atoms with van der Waals surface area (Å²) in [5.74, 6) is 0.126. The van der Waals surface area contributed by atoms with Crippen LogP contribution in [0.25, 0.3) is 0 Å². The number of piperidine rings is 1. The number of nitrogens with one attached hydrogen (secondary N) is 2. The van der Waals surface area contributed by atoms with Crippen molar-refractivity contribution in [3.8, 4) is 0 Å². The largest absolute Gasteiger partial charge is 0.382 e. The molecule has 1 heterocycles. The smallest absolute Gasteiger partial charge is 0.237 e. The highest BCUT2D eigenvalue weighted by Gasteiger charge is 2.19. The number of methoxy groups -OCH3 is 1. The maximum Gasteiger partial charge on any atom is 0.237 e.